The predicted octanol–water partition coefficient (Wildman–Crippen LogP) is 13.4. The molecule has 11 aromatic rings. The van der Waals surface area contributed by atoms with Gasteiger partial charge in [0.2, 0.25) is 0 Å². The quantitative estimate of drug-likeness (QED) is 0.134. The largest absolute Gasteiger partial charge is 0.309 e. The zero-order valence-corrected chi connectivity index (χ0v) is 26.7. The van der Waals surface area contributed by atoms with Crippen LogP contribution in [0, 0.1) is 0 Å². The van der Waals surface area contributed by atoms with Crippen LogP contribution in [0.4, 0.5) is 0 Å². The van der Waals surface area contributed by atoms with Crippen molar-refractivity contribution in [3.05, 3.63) is 176 Å². The van der Waals surface area contributed by atoms with Gasteiger partial charge in [0.25, 0.3) is 0 Å². The monoisotopic (exact) mass is 619 g/mol. The Balaban J connectivity index is 1.15. The highest BCUT2D eigenvalue weighted by Gasteiger charge is 2.18. The lowest BCUT2D eigenvalue weighted by Gasteiger charge is -2.14. The fourth-order valence-corrected chi connectivity index (χ4v) is 8.53. The van der Waals surface area contributed by atoms with Gasteiger partial charge in [0.05, 0.1) is 11.0 Å². The molecule has 1 aromatic heterocycles. The van der Waals surface area contributed by atoms with Gasteiger partial charge in [-0.3, -0.25) is 0 Å². The molecule has 0 saturated carbocycles. The van der Waals surface area contributed by atoms with Gasteiger partial charge in [-0.05, 0) is 101 Å². The van der Waals surface area contributed by atoms with Gasteiger partial charge in [-0.1, -0.05) is 146 Å². The first kappa shape index (κ1) is 26.6. The Kier molecular flexibility index (Phi) is 5.45. The van der Waals surface area contributed by atoms with Crippen LogP contribution in [0.3, 0.4) is 0 Å². The molecule has 0 aliphatic heterocycles. The molecule has 49 heavy (non-hydrogen) atoms. The number of fused-ring (bicyclic) bond motifs is 14. The SMILES string of the molecule is c1cc(-c2ccc(-n3c4ccc5ccccc5c4c4ccc5ccccc5c43)cc2)c2cc3c4ccccc4c4ccccc4c3cc2c1. The normalized spacial score (nSPS) is 12.1. The molecular formula is C48H29N. The molecule has 1 heterocycles. The first-order chi connectivity index (χ1) is 24.3. The van der Waals surface area contributed by atoms with E-state index in [0.29, 0.717) is 0 Å². The second-order valence-electron chi connectivity index (χ2n) is 13.3. The van der Waals surface area contributed by atoms with Gasteiger partial charge in [0, 0.05) is 21.8 Å². The summed E-state index contributed by atoms with van der Waals surface area (Å²) >= 11 is 0. The molecule has 1 nitrogen and oxygen atoms in total. The third-order valence-corrected chi connectivity index (χ3v) is 10.7. The van der Waals surface area contributed by atoms with Crippen LogP contribution in [0.15, 0.2) is 176 Å². The van der Waals surface area contributed by atoms with Gasteiger partial charge >= 0.3 is 0 Å². The van der Waals surface area contributed by atoms with E-state index in [2.05, 4.69) is 180 Å². The maximum absolute atomic E-state index is 2.47. The van der Waals surface area contributed by atoms with E-state index in [1.807, 2.05) is 0 Å². The lowest BCUT2D eigenvalue weighted by Crippen LogP contribution is -1.95. The maximum atomic E-state index is 2.47. The standard InChI is InChI=1S/C48H29N/c1-3-13-36-30(10-1)23-27-46-47(36)42-26-22-31-11-2-4-14-37(31)48(42)49(46)34-24-20-32(21-25-34)35-19-9-12-33-28-44-40-17-7-5-15-38(40)39-16-6-8-18-41(39)45(44)29-43(33)35/h1-29H. The summed E-state index contributed by atoms with van der Waals surface area (Å²) in [6.45, 7) is 0. The zero-order chi connectivity index (χ0) is 32.1. The molecule has 0 unspecified atom stereocenters. The van der Waals surface area contributed by atoms with Gasteiger partial charge in [0.1, 0.15) is 0 Å². The minimum absolute atomic E-state index is 1.17. The fraction of sp³-hybridized carbons (Fsp3) is 0. The van der Waals surface area contributed by atoms with Crippen LogP contribution in [-0.2, 0) is 0 Å². The number of aromatic nitrogens is 1. The van der Waals surface area contributed by atoms with Crippen molar-refractivity contribution in [3.8, 4) is 16.8 Å². The lowest BCUT2D eigenvalue weighted by atomic mass is 9.90. The number of benzene rings is 10. The Morgan fingerprint density at radius 2 is 0.857 bits per heavy atom. The molecule has 0 aliphatic rings. The first-order valence-corrected chi connectivity index (χ1v) is 17.0. The Morgan fingerprint density at radius 3 is 1.57 bits per heavy atom. The minimum atomic E-state index is 1.17. The Hall–Kier alpha value is -6.44. The zero-order valence-electron chi connectivity index (χ0n) is 26.7. The Labute approximate surface area is 282 Å². The van der Waals surface area contributed by atoms with E-state index < -0.39 is 0 Å². The highest BCUT2D eigenvalue weighted by molar-refractivity contribution is 6.28. The van der Waals surface area contributed by atoms with E-state index in [-0.39, 0.29) is 0 Å². The summed E-state index contributed by atoms with van der Waals surface area (Å²) in [6, 6.07) is 65.0. The van der Waals surface area contributed by atoms with Crippen LogP contribution >= 0.6 is 0 Å². The summed E-state index contributed by atoms with van der Waals surface area (Å²) in [5.41, 5.74) is 6.12. The second-order valence-corrected chi connectivity index (χ2v) is 13.3. The van der Waals surface area contributed by atoms with Crippen LogP contribution in [0.1, 0.15) is 0 Å². The molecule has 0 N–H and O–H groups in total. The van der Waals surface area contributed by atoms with Gasteiger partial charge in [-0.15, -0.1) is 0 Å². The molecular weight excluding hydrogens is 591 g/mol. The van der Waals surface area contributed by atoms with Crippen molar-refractivity contribution in [2.45, 2.75) is 0 Å². The van der Waals surface area contributed by atoms with Crippen molar-refractivity contribution in [1.82, 2.24) is 4.57 Å². The average Bonchev–Trinajstić information content (AvgIpc) is 3.53. The van der Waals surface area contributed by atoms with Crippen LogP contribution in [-0.4, -0.2) is 4.57 Å². The summed E-state index contributed by atoms with van der Waals surface area (Å²) in [5.74, 6) is 0. The van der Waals surface area contributed by atoms with E-state index in [9.17, 15) is 0 Å². The highest BCUT2D eigenvalue weighted by atomic mass is 15.0. The summed E-state index contributed by atoms with van der Waals surface area (Å²) < 4.78 is 2.47. The number of rotatable bonds is 2. The second kappa shape index (κ2) is 10.0. The van der Waals surface area contributed by atoms with Gasteiger partial charge in [-0.25, -0.2) is 0 Å². The molecule has 0 saturated heterocycles. The first-order valence-electron chi connectivity index (χ1n) is 17.0. The molecule has 0 bridgehead atoms. The van der Waals surface area contributed by atoms with Crippen LogP contribution in [0.5, 0.6) is 0 Å². The molecule has 0 amide bonds. The fourth-order valence-electron chi connectivity index (χ4n) is 8.53. The molecule has 0 radical (unpaired) electrons. The maximum Gasteiger partial charge on any atom is 0.0619 e. The minimum Gasteiger partial charge on any atom is -0.309 e. The van der Waals surface area contributed by atoms with Crippen LogP contribution in [0.25, 0.3) is 103 Å². The van der Waals surface area contributed by atoms with Gasteiger partial charge in [-0.2, -0.15) is 0 Å². The summed E-state index contributed by atoms with van der Waals surface area (Å²) in [4.78, 5) is 0. The van der Waals surface area contributed by atoms with E-state index in [1.165, 1.54) is 103 Å². The lowest BCUT2D eigenvalue weighted by molar-refractivity contribution is 1.19. The van der Waals surface area contributed by atoms with Crippen molar-refractivity contribution < 1.29 is 0 Å². The number of nitrogens with zero attached hydrogens (tertiary/aromatic N) is 1. The van der Waals surface area contributed by atoms with Crippen molar-refractivity contribution in [2.24, 2.45) is 0 Å². The molecule has 0 fully saturated rings. The van der Waals surface area contributed by atoms with Crippen molar-refractivity contribution in [2.75, 3.05) is 0 Å². The highest BCUT2D eigenvalue weighted by Crippen LogP contribution is 2.42. The summed E-state index contributed by atoms with van der Waals surface area (Å²) in [5, 5.41) is 18.0. The van der Waals surface area contributed by atoms with Gasteiger partial charge < -0.3 is 4.57 Å². The number of hydrogen-bond donors (Lipinski definition) is 0. The number of hydrogen-bond acceptors (Lipinski definition) is 0. The summed E-state index contributed by atoms with van der Waals surface area (Å²) in [7, 11) is 0. The van der Waals surface area contributed by atoms with E-state index >= 15 is 0 Å². The predicted molar refractivity (Wildman–Crippen MR) is 211 cm³/mol. The smallest absolute Gasteiger partial charge is 0.0619 e. The molecule has 1 heteroatoms. The Morgan fingerprint density at radius 1 is 0.306 bits per heavy atom. The third kappa shape index (κ3) is 3.76. The van der Waals surface area contributed by atoms with Gasteiger partial charge in [0.15, 0.2) is 0 Å². The molecule has 0 aliphatic carbocycles. The van der Waals surface area contributed by atoms with Crippen LogP contribution in [0.2, 0.25) is 0 Å². The summed E-state index contributed by atoms with van der Waals surface area (Å²) in [6.07, 6.45) is 0. The van der Waals surface area contributed by atoms with Crippen molar-refractivity contribution >= 4 is 86.4 Å². The third-order valence-electron chi connectivity index (χ3n) is 10.7. The molecule has 0 atom stereocenters. The van der Waals surface area contributed by atoms with E-state index in [1.54, 1.807) is 0 Å². The van der Waals surface area contributed by atoms with E-state index in [4.69, 9.17) is 0 Å². The molecule has 11 rings (SSSR count). The van der Waals surface area contributed by atoms with Crippen molar-refractivity contribution in [1.29, 1.82) is 0 Å². The average molecular weight is 620 g/mol. The molecule has 10 aromatic carbocycles. The molecule has 226 valence electrons. The van der Waals surface area contributed by atoms with Crippen LogP contribution < -0.4 is 0 Å². The molecule has 0 spiro atoms. The van der Waals surface area contributed by atoms with E-state index in [0.717, 1.165) is 0 Å². The Bertz CT molecular complexity index is 3140. The topological polar surface area (TPSA) is 4.93 Å². The van der Waals surface area contributed by atoms with Crippen molar-refractivity contribution in [3.63, 3.8) is 0 Å².